The molecule has 1 nitrogen and oxygen atoms in total. The molecule has 0 aliphatic heterocycles. The number of rotatable bonds is 1. The zero-order valence-electron chi connectivity index (χ0n) is 7.49. The van der Waals surface area contributed by atoms with Gasteiger partial charge in [-0.3, -0.25) is 0 Å². The molecule has 0 N–H and O–H groups in total. The van der Waals surface area contributed by atoms with Crippen molar-refractivity contribution >= 4 is 11.0 Å². The van der Waals surface area contributed by atoms with Crippen molar-refractivity contribution in [3.8, 4) is 0 Å². The van der Waals surface area contributed by atoms with Gasteiger partial charge in [-0.05, 0) is 24.8 Å². The number of benzene rings is 1. The van der Waals surface area contributed by atoms with E-state index in [0.29, 0.717) is 0 Å². The highest BCUT2D eigenvalue weighted by Crippen LogP contribution is 2.40. The van der Waals surface area contributed by atoms with Crippen LogP contribution >= 0.6 is 0 Å². The lowest BCUT2D eigenvalue weighted by Crippen LogP contribution is -2.07. The Bertz CT molecular complexity index is 423. The molecule has 0 amide bonds. The Balaban J connectivity index is 2.17. The van der Waals surface area contributed by atoms with Gasteiger partial charge in [-0.1, -0.05) is 24.6 Å². The smallest absolute Gasteiger partial charge is 0.134 e. The molecule has 1 heterocycles. The van der Waals surface area contributed by atoms with Crippen LogP contribution in [0.1, 0.15) is 30.7 Å². The monoisotopic (exact) mass is 172 g/mol. The molecule has 1 aliphatic rings. The third-order valence-electron chi connectivity index (χ3n) is 3.06. The number of para-hydroxylation sites is 1. The normalized spacial score (nSPS) is 17.5. The van der Waals surface area contributed by atoms with Crippen molar-refractivity contribution in [2.24, 2.45) is 0 Å². The van der Waals surface area contributed by atoms with E-state index in [1.54, 1.807) is 0 Å². The first kappa shape index (κ1) is 7.19. The van der Waals surface area contributed by atoms with Crippen molar-refractivity contribution in [2.75, 3.05) is 0 Å². The third kappa shape index (κ3) is 0.998. The standard InChI is InChI=1S/C12H12O/c1-2-7-12-10(6-1)11(8-13-12)9-4-3-5-9/h1-2,6-9H,3-5H2. The molecule has 66 valence electrons. The van der Waals surface area contributed by atoms with Crippen molar-refractivity contribution in [1.29, 1.82) is 0 Å². The van der Waals surface area contributed by atoms with E-state index < -0.39 is 0 Å². The molecule has 0 spiro atoms. The third-order valence-corrected chi connectivity index (χ3v) is 3.06. The SMILES string of the molecule is c1ccc2c(C3CCC3)coc2c1. The molecule has 1 saturated carbocycles. The molecular weight excluding hydrogens is 160 g/mol. The number of fused-ring (bicyclic) bond motifs is 1. The molecule has 0 saturated heterocycles. The average molecular weight is 172 g/mol. The van der Waals surface area contributed by atoms with Gasteiger partial charge >= 0.3 is 0 Å². The van der Waals surface area contributed by atoms with Gasteiger partial charge in [0.05, 0.1) is 6.26 Å². The zero-order chi connectivity index (χ0) is 8.67. The molecule has 3 rings (SSSR count). The van der Waals surface area contributed by atoms with E-state index in [4.69, 9.17) is 4.42 Å². The summed E-state index contributed by atoms with van der Waals surface area (Å²) in [6, 6.07) is 8.31. The molecule has 1 fully saturated rings. The Morgan fingerprint density at radius 3 is 2.77 bits per heavy atom. The van der Waals surface area contributed by atoms with Gasteiger partial charge in [-0.15, -0.1) is 0 Å². The predicted octanol–water partition coefficient (Wildman–Crippen LogP) is 3.70. The molecule has 1 aromatic heterocycles. The van der Waals surface area contributed by atoms with E-state index in [0.717, 1.165) is 11.5 Å². The minimum absolute atomic E-state index is 0.767. The zero-order valence-corrected chi connectivity index (χ0v) is 7.49. The van der Waals surface area contributed by atoms with Gasteiger partial charge in [0.1, 0.15) is 5.58 Å². The summed E-state index contributed by atoms with van der Waals surface area (Å²) in [4.78, 5) is 0. The van der Waals surface area contributed by atoms with Crippen LogP contribution in [0.2, 0.25) is 0 Å². The fourth-order valence-electron chi connectivity index (χ4n) is 2.03. The first-order valence-electron chi connectivity index (χ1n) is 4.91. The molecule has 1 aromatic carbocycles. The van der Waals surface area contributed by atoms with E-state index in [2.05, 4.69) is 12.1 Å². The minimum Gasteiger partial charge on any atom is -0.464 e. The van der Waals surface area contributed by atoms with Gasteiger partial charge < -0.3 is 4.42 Å². The summed E-state index contributed by atoms with van der Waals surface area (Å²) in [5, 5.41) is 1.31. The van der Waals surface area contributed by atoms with E-state index in [-0.39, 0.29) is 0 Å². The fraction of sp³-hybridized carbons (Fsp3) is 0.333. The molecular formula is C12H12O. The average Bonchev–Trinajstić information content (AvgIpc) is 2.47. The lowest BCUT2D eigenvalue weighted by molar-refractivity contribution is 0.417. The van der Waals surface area contributed by atoms with Crippen LogP contribution in [0.4, 0.5) is 0 Å². The Morgan fingerprint density at radius 2 is 2.00 bits per heavy atom. The molecule has 13 heavy (non-hydrogen) atoms. The van der Waals surface area contributed by atoms with Gasteiger partial charge in [-0.2, -0.15) is 0 Å². The molecule has 0 unspecified atom stereocenters. The Labute approximate surface area is 77.4 Å². The van der Waals surface area contributed by atoms with Crippen LogP contribution in [-0.2, 0) is 0 Å². The van der Waals surface area contributed by atoms with Crippen molar-refractivity contribution in [2.45, 2.75) is 25.2 Å². The van der Waals surface area contributed by atoms with E-state index in [1.807, 2.05) is 18.4 Å². The molecule has 1 aliphatic carbocycles. The summed E-state index contributed by atoms with van der Waals surface area (Å²) in [6.07, 6.45) is 5.99. The number of hydrogen-bond donors (Lipinski definition) is 0. The lowest BCUT2D eigenvalue weighted by Gasteiger charge is -2.24. The van der Waals surface area contributed by atoms with Gasteiger partial charge in [0.25, 0.3) is 0 Å². The molecule has 1 heteroatoms. The number of hydrogen-bond acceptors (Lipinski definition) is 1. The molecule has 0 atom stereocenters. The van der Waals surface area contributed by atoms with E-state index in [9.17, 15) is 0 Å². The minimum atomic E-state index is 0.767. The maximum absolute atomic E-state index is 5.51. The highest BCUT2D eigenvalue weighted by molar-refractivity contribution is 5.81. The van der Waals surface area contributed by atoms with Crippen LogP contribution in [0, 0.1) is 0 Å². The van der Waals surface area contributed by atoms with Gasteiger partial charge in [0.15, 0.2) is 0 Å². The summed E-state index contributed by atoms with van der Waals surface area (Å²) in [6.45, 7) is 0. The van der Waals surface area contributed by atoms with E-state index in [1.165, 1.54) is 30.2 Å². The molecule has 2 aromatic rings. The van der Waals surface area contributed by atoms with Crippen molar-refractivity contribution in [3.05, 3.63) is 36.1 Å². The maximum atomic E-state index is 5.51. The molecule has 0 radical (unpaired) electrons. The van der Waals surface area contributed by atoms with Gasteiger partial charge in [0, 0.05) is 10.9 Å². The highest BCUT2D eigenvalue weighted by Gasteiger charge is 2.22. The van der Waals surface area contributed by atoms with Crippen LogP contribution in [0.5, 0.6) is 0 Å². The lowest BCUT2D eigenvalue weighted by atomic mass is 9.80. The van der Waals surface area contributed by atoms with Crippen LogP contribution in [-0.4, -0.2) is 0 Å². The first-order chi connectivity index (χ1) is 6.45. The quantitative estimate of drug-likeness (QED) is 0.639. The van der Waals surface area contributed by atoms with Crippen molar-refractivity contribution < 1.29 is 4.42 Å². The summed E-state index contributed by atoms with van der Waals surface area (Å²) >= 11 is 0. The molecule has 0 bridgehead atoms. The summed E-state index contributed by atoms with van der Waals surface area (Å²) in [5.41, 5.74) is 2.45. The Hall–Kier alpha value is -1.24. The fourth-order valence-corrected chi connectivity index (χ4v) is 2.03. The van der Waals surface area contributed by atoms with Crippen molar-refractivity contribution in [1.82, 2.24) is 0 Å². The van der Waals surface area contributed by atoms with Crippen LogP contribution in [0.25, 0.3) is 11.0 Å². The topological polar surface area (TPSA) is 13.1 Å². The van der Waals surface area contributed by atoms with Gasteiger partial charge in [0.2, 0.25) is 0 Å². The summed E-state index contributed by atoms with van der Waals surface area (Å²) in [5.74, 6) is 0.767. The number of furan rings is 1. The summed E-state index contributed by atoms with van der Waals surface area (Å²) in [7, 11) is 0. The maximum Gasteiger partial charge on any atom is 0.134 e. The predicted molar refractivity (Wildman–Crippen MR) is 52.8 cm³/mol. The Kier molecular flexibility index (Phi) is 1.45. The van der Waals surface area contributed by atoms with Crippen molar-refractivity contribution in [3.63, 3.8) is 0 Å². The van der Waals surface area contributed by atoms with Crippen LogP contribution < -0.4 is 0 Å². The largest absolute Gasteiger partial charge is 0.464 e. The first-order valence-corrected chi connectivity index (χ1v) is 4.91. The second-order valence-electron chi connectivity index (χ2n) is 3.82. The van der Waals surface area contributed by atoms with Crippen LogP contribution in [0.15, 0.2) is 34.9 Å². The van der Waals surface area contributed by atoms with Gasteiger partial charge in [-0.25, -0.2) is 0 Å². The second-order valence-corrected chi connectivity index (χ2v) is 3.82. The second kappa shape index (κ2) is 2.63. The highest BCUT2D eigenvalue weighted by atomic mass is 16.3. The summed E-state index contributed by atoms with van der Waals surface area (Å²) < 4.78 is 5.51. The van der Waals surface area contributed by atoms with E-state index >= 15 is 0 Å². The van der Waals surface area contributed by atoms with Crippen LogP contribution in [0.3, 0.4) is 0 Å². The Morgan fingerprint density at radius 1 is 1.15 bits per heavy atom.